The number of carbonyl (C=O) groups is 1. The zero-order valence-corrected chi connectivity index (χ0v) is 12.6. The maximum atomic E-state index is 12.2. The van der Waals surface area contributed by atoms with E-state index in [1.54, 1.807) is 24.5 Å². The summed E-state index contributed by atoms with van der Waals surface area (Å²) in [5.41, 5.74) is 2.63. The van der Waals surface area contributed by atoms with Gasteiger partial charge in [-0.25, -0.2) is 0 Å². The van der Waals surface area contributed by atoms with Crippen LogP contribution in [0.4, 0.5) is 0 Å². The smallest absolute Gasteiger partial charge is 0.168 e. The van der Waals surface area contributed by atoms with Crippen molar-refractivity contribution in [2.24, 2.45) is 0 Å². The molecule has 19 heavy (non-hydrogen) atoms. The lowest BCUT2D eigenvalue weighted by Gasteiger charge is -2.05. The van der Waals surface area contributed by atoms with Gasteiger partial charge in [0, 0.05) is 24.5 Å². The molecule has 0 aliphatic rings. The van der Waals surface area contributed by atoms with E-state index in [0.29, 0.717) is 12.0 Å². The van der Waals surface area contributed by atoms with Crippen molar-refractivity contribution in [1.82, 2.24) is 14.8 Å². The molecule has 4 nitrogen and oxygen atoms in total. The van der Waals surface area contributed by atoms with E-state index in [-0.39, 0.29) is 5.78 Å². The Morgan fingerprint density at radius 2 is 2.00 bits per heavy atom. The van der Waals surface area contributed by atoms with E-state index in [1.165, 1.54) is 0 Å². The number of hydrogen-bond acceptors (Lipinski definition) is 3. The normalized spacial score (nSPS) is 10.7. The van der Waals surface area contributed by atoms with Crippen molar-refractivity contribution in [2.45, 2.75) is 33.2 Å². The summed E-state index contributed by atoms with van der Waals surface area (Å²) in [6.07, 6.45) is 4.48. The molecule has 0 saturated carbocycles. The SMILES string of the molecule is CCc1nn(CC)c(CC(=O)c2ccncc2)c1Br. The fourth-order valence-corrected chi connectivity index (χ4v) is 2.68. The molecular weight excluding hydrogens is 306 g/mol. The lowest BCUT2D eigenvalue weighted by atomic mass is 10.1. The maximum absolute atomic E-state index is 12.2. The van der Waals surface area contributed by atoms with Gasteiger partial charge in [0.2, 0.25) is 0 Å². The monoisotopic (exact) mass is 321 g/mol. The first-order chi connectivity index (χ1) is 9.17. The molecule has 0 radical (unpaired) electrons. The molecule has 0 atom stereocenters. The van der Waals surface area contributed by atoms with Crippen molar-refractivity contribution in [1.29, 1.82) is 0 Å². The van der Waals surface area contributed by atoms with Crippen LogP contribution in [-0.2, 0) is 19.4 Å². The Hall–Kier alpha value is -1.49. The first-order valence-electron chi connectivity index (χ1n) is 6.34. The van der Waals surface area contributed by atoms with E-state index in [1.807, 2.05) is 11.6 Å². The van der Waals surface area contributed by atoms with Crippen LogP contribution < -0.4 is 0 Å². The minimum atomic E-state index is 0.0837. The second-order valence-electron chi connectivity index (χ2n) is 4.21. The first kappa shape index (κ1) is 13.9. The number of nitrogens with zero attached hydrogens (tertiary/aromatic N) is 3. The van der Waals surface area contributed by atoms with E-state index in [9.17, 15) is 4.79 Å². The van der Waals surface area contributed by atoms with Gasteiger partial charge in [0.15, 0.2) is 5.78 Å². The number of rotatable bonds is 5. The number of carbonyl (C=O) groups excluding carboxylic acids is 1. The van der Waals surface area contributed by atoms with Gasteiger partial charge in [-0.2, -0.15) is 5.10 Å². The fraction of sp³-hybridized carbons (Fsp3) is 0.357. The maximum Gasteiger partial charge on any atom is 0.168 e. The van der Waals surface area contributed by atoms with Gasteiger partial charge in [0.25, 0.3) is 0 Å². The summed E-state index contributed by atoms with van der Waals surface area (Å²) >= 11 is 3.56. The summed E-state index contributed by atoms with van der Waals surface area (Å²) in [5.74, 6) is 0.0837. The Bertz CT molecular complexity index is 578. The summed E-state index contributed by atoms with van der Waals surface area (Å²) in [7, 11) is 0. The van der Waals surface area contributed by atoms with Crippen molar-refractivity contribution in [3.8, 4) is 0 Å². The fourth-order valence-electron chi connectivity index (χ4n) is 1.98. The number of Topliss-reactive ketones (excluding diaryl/α,β-unsaturated/α-hetero) is 1. The van der Waals surface area contributed by atoms with E-state index < -0.39 is 0 Å². The van der Waals surface area contributed by atoms with Crippen LogP contribution in [0.2, 0.25) is 0 Å². The zero-order valence-electron chi connectivity index (χ0n) is 11.1. The summed E-state index contributed by atoms with van der Waals surface area (Å²) in [6, 6.07) is 3.48. The quantitative estimate of drug-likeness (QED) is 0.795. The van der Waals surface area contributed by atoms with Crippen LogP contribution in [0.5, 0.6) is 0 Å². The molecule has 0 aliphatic heterocycles. The molecule has 2 heterocycles. The Kier molecular flexibility index (Phi) is 4.47. The molecule has 0 spiro atoms. The molecule has 0 unspecified atom stereocenters. The first-order valence-corrected chi connectivity index (χ1v) is 7.13. The van der Waals surface area contributed by atoms with E-state index in [2.05, 4.69) is 32.9 Å². The summed E-state index contributed by atoms with van der Waals surface area (Å²) in [4.78, 5) is 16.2. The molecule has 0 aromatic carbocycles. The highest BCUT2D eigenvalue weighted by atomic mass is 79.9. The Morgan fingerprint density at radius 3 is 2.58 bits per heavy atom. The predicted octanol–water partition coefficient (Wildman–Crippen LogP) is 3.05. The van der Waals surface area contributed by atoms with Gasteiger partial charge in [-0.15, -0.1) is 0 Å². The summed E-state index contributed by atoms with van der Waals surface area (Å²) in [6.45, 7) is 4.85. The van der Waals surface area contributed by atoms with E-state index in [0.717, 1.165) is 28.8 Å². The van der Waals surface area contributed by atoms with E-state index >= 15 is 0 Å². The lowest BCUT2D eigenvalue weighted by Crippen LogP contribution is -2.10. The van der Waals surface area contributed by atoms with Gasteiger partial charge in [0.05, 0.1) is 22.3 Å². The van der Waals surface area contributed by atoms with Gasteiger partial charge in [-0.1, -0.05) is 6.92 Å². The van der Waals surface area contributed by atoms with Crippen LogP contribution in [0.25, 0.3) is 0 Å². The van der Waals surface area contributed by atoms with Crippen LogP contribution in [0.1, 0.15) is 35.6 Å². The minimum absolute atomic E-state index is 0.0837. The molecule has 100 valence electrons. The third-order valence-corrected chi connectivity index (χ3v) is 3.94. The van der Waals surface area contributed by atoms with Crippen LogP contribution in [-0.4, -0.2) is 20.5 Å². The Labute approximate surface area is 121 Å². The molecule has 0 fully saturated rings. The third-order valence-electron chi connectivity index (χ3n) is 3.02. The largest absolute Gasteiger partial charge is 0.294 e. The minimum Gasteiger partial charge on any atom is -0.294 e. The summed E-state index contributed by atoms with van der Waals surface area (Å²) < 4.78 is 2.85. The highest BCUT2D eigenvalue weighted by Crippen LogP contribution is 2.23. The van der Waals surface area contributed by atoms with Crippen LogP contribution in [0, 0.1) is 0 Å². The molecule has 0 saturated heterocycles. The number of hydrogen-bond donors (Lipinski definition) is 0. The topological polar surface area (TPSA) is 47.8 Å². The summed E-state index contributed by atoms with van der Waals surface area (Å²) in [5, 5.41) is 4.50. The Balaban J connectivity index is 2.28. The zero-order chi connectivity index (χ0) is 13.8. The van der Waals surface area contributed by atoms with Crippen molar-refractivity contribution < 1.29 is 4.79 Å². The van der Waals surface area contributed by atoms with Gasteiger partial charge < -0.3 is 0 Å². The number of aromatic nitrogens is 3. The molecule has 0 N–H and O–H groups in total. The van der Waals surface area contributed by atoms with Gasteiger partial charge >= 0.3 is 0 Å². The van der Waals surface area contributed by atoms with Crippen molar-refractivity contribution in [3.05, 3.63) is 46.0 Å². The van der Waals surface area contributed by atoms with E-state index in [4.69, 9.17) is 0 Å². The molecule has 0 bridgehead atoms. The molecule has 2 rings (SSSR count). The van der Waals surface area contributed by atoms with Crippen molar-refractivity contribution >= 4 is 21.7 Å². The lowest BCUT2D eigenvalue weighted by molar-refractivity contribution is 0.0990. The average molecular weight is 322 g/mol. The number of pyridine rings is 1. The highest BCUT2D eigenvalue weighted by Gasteiger charge is 2.17. The highest BCUT2D eigenvalue weighted by molar-refractivity contribution is 9.10. The van der Waals surface area contributed by atoms with Gasteiger partial charge in [-0.05, 0) is 41.4 Å². The molecular formula is C14H16BrN3O. The second-order valence-corrected chi connectivity index (χ2v) is 5.01. The number of halogens is 1. The number of ketones is 1. The Morgan fingerprint density at radius 1 is 1.32 bits per heavy atom. The molecule has 5 heteroatoms. The molecule has 2 aromatic rings. The standard InChI is InChI=1S/C14H16BrN3O/c1-3-11-14(15)12(18(4-2)17-11)9-13(19)10-5-7-16-8-6-10/h5-8H,3-4,9H2,1-2H3. The number of aryl methyl sites for hydroxylation is 2. The third kappa shape index (κ3) is 2.92. The van der Waals surface area contributed by atoms with Gasteiger partial charge in [0.1, 0.15) is 0 Å². The average Bonchev–Trinajstić information content (AvgIpc) is 2.76. The van der Waals surface area contributed by atoms with Crippen LogP contribution >= 0.6 is 15.9 Å². The van der Waals surface area contributed by atoms with Gasteiger partial charge in [-0.3, -0.25) is 14.5 Å². The van der Waals surface area contributed by atoms with Crippen LogP contribution in [0.15, 0.2) is 29.0 Å². The van der Waals surface area contributed by atoms with Crippen molar-refractivity contribution in [3.63, 3.8) is 0 Å². The van der Waals surface area contributed by atoms with Crippen LogP contribution in [0.3, 0.4) is 0 Å². The predicted molar refractivity (Wildman–Crippen MR) is 77.3 cm³/mol. The molecule has 2 aromatic heterocycles. The second kappa shape index (κ2) is 6.10. The molecule has 0 aliphatic carbocycles. The van der Waals surface area contributed by atoms with Crippen molar-refractivity contribution in [2.75, 3.05) is 0 Å². The molecule has 0 amide bonds.